The van der Waals surface area contributed by atoms with E-state index in [0.29, 0.717) is 13.1 Å². The van der Waals surface area contributed by atoms with Crippen molar-refractivity contribution in [3.05, 3.63) is 77.0 Å². The molecule has 2 aromatic carbocycles. The summed E-state index contributed by atoms with van der Waals surface area (Å²) in [6.07, 6.45) is 3.04. The summed E-state index contributed by atoms with van der Waals surface area (Å²) in [4.78, 5) is 29.6. The van der Waals surface area contributed by atoms with Gasteiger partial charge in [-0.1, -0.05) is 55.0 Å². The van der Waals surface area contributed by atoms with Crippen molar-refractivity contribution < 1.29 is 4.79 Å². The molecule has 0 atom stereocenters. The van der Waals surface area contributed by atoms with Gasteiger partial charge in [-0.3, -0.25) is 0 Å². The second kappa shape index (κ2) is 10.6. The van der Waals surface area contributed by atoms with Gasteiger partial charge in [-0.05, 0) is 43.4 Å². The average molecular weight is 485 g/mol. The van der Waals surface area contributed by atoms with Crippen LogP contribution >= 0.6 is 0 Å². The molecule has 2 aliphatic heterocycles. The number of nitrogens with zero attached hydrogens (tertiary/aromatic N) is 5. The van der Waals surface area contributed by atoms with E-state index in [-0.39, 0.29) is 6.03 Å². The van der Waals surface area contributed by atoms with Gasteiger partial charge in [-0.25, -0.2) is 9.78 Å². The summed E-state index contributed by atoms with van der Waals surface area (Å²) in [6, 6.07) is 18.3. The first-order valence-electron chi connectivity index (χ1n) is 13.0. The van der Waals surface area contributed by atoms with Crippen molar-refractivity contribution in [3.8, 4) is 0 Å². The lowest BCUT2D eigenvalue weighted by molar-refractivity contribution is 0.206. The first-order valence-corrected chi connectivity index (χ1v) is 13.0. The number of anilines is 3. The zero-order chi connectivity index (χ0) is 25.1. The van der Waals surface area contributed by atoms with E-state index in [9.17, 15) is 4.79 Å². The van der Waals surface area contributed by atoms with Gasteiger partial charge in [0.25, 0.3) is 0 Å². The van der Waals surface area contributed by atoms with Crippen molar-refractivity contribution in [2.75, 3.05) is 41.8 Å². The average Bonchev–Trinajstić information content (AvgIpc) is 2.90. The maximum Gasteiger partial charge on any atom is 0.322 e. The summed E-state index contributed by atoms with van der Waals surface area (Å²) in [5, 5.41) is 3.06. The Morgan fingerprint density at radius 2 is 1.75 bits per heavy atom. The molecule has 0 unspecified atom stereocenters. The highest BCUT2D eigenvalue weighted by atomic mass is 16.2. The highest BCUT2D eigenvalue weighted by Crippen LogP contribution is 2.32. The highest BCUT2D eigenvalue weighted by molar-refractivity contribution is 5.89. The van der Waals surface area contributed by atoms with Gasteiger partial charge >= 0.3 is 6.03 Å². The van der Waals surface area contributed by atoms with E-state index in [2.05, 4.69) is 53.4 Å². The summed E-state index contributed by atoms with van der Waals surface area (Å²) < 4.78 is 0. The van der Waals surface area contributed by atoms with Crippen molar-refractivity contribution in [1.29, 1.82) is 0 Å². The first-order chi connectivity index (χ1) is 17.5. The molecule has 3 aromatic rings. The molecule has 3 heterocycles. The minimum Gasteiger partial charge on any atom is -0.356 e. The highest BCUT2D eigenvalue weighted by Gasteiger charge is 2.29. The zero-order valence-electron chi connectivity index (χ0n) is 21.6. The number of carbonyl (C=O) groups excluding carboxylic acids is 1. The Morgan fingerprint density at radius 1 is 1.03 bits per heavy atom. The predicted molar refractivity (Wildman–Crippen MR) is 146 cm³/mol. The molecule has 36 heavy (non-hydrogen) atoms. The number of carbonyl (C=O) groups is 1. The van der Waals surface area contributed by atoms with Crippen LogP contribution in [0.5, 0.6) is 0 Å². The third-order valence-corrected chi connectivity index (χ3v) is 7.30. The van der Waals surface area contributed by atoms with E-state index in [4.69, 9.17) is 9.97 Å². The molecule has 7 nitrogen and oxygen atoms in total. The van der Waals surface area contributed by atoms with Crippen molar-refractivity contribution in [1.82, 2.24) is 14.9 Å². The third-order valence-electron chi connectivity index (χ3n) is 7.30. The number of hydrogen-bond donors (Lipinski definition) is 1. The molecule has 0 bridgehead atoms. The number of hydrogen-bond acceptors (Lipinski definition) is 5. The molecular formula is C29H36N6O. The van der Waals surface area contributed by atoms with Crippen LogP contribution in [0.15, 0.2) is 54.6 Å². The fourth-order valence-corrected chi connectivity index (χ4v) is 4.98. The molecule has 5 rings (SSSR count). The van der Waals surface area contributed by atoms with E-state index < -0.39 is 0 Å². The van der Waals surface area contributed by atoms with Crippen molar-refractivity contribution in [3.63, 3.8) is 0 Å². The predicted octanol–water partition coefficient (Wildman–Crippen LogP) is 5.25. The topological polar surface area (TPSA) is 64.6 Å². The molecule has 1 aromatic heterocycles. The Bertz CT molecular complexity index is 1190. The Morgan fingerprint density at radius 3 is 2.47 bits per heavy atom. The van der Waals surface area contributed by atoms with E-state index >= 15 is 0 Å². The molecular weight excluding hydrogens is 448 g/mol. The third kappa shape index (κ3) is 5.45. The van der Waals surface area contributed by atoms with Gasteiger partial charge in [0, 0.05) is 50.9 Å². The van der Waals surface area contributed by atoms with Crippen LogP contribution in [0, 0.1) is 12.8 Å². The van der Waals surface area contributed by atoms with Crippen molar-refractivity contribution in [2.45, 2.75) is 46.2 Å². The SMILES string of the molecule is Cc1ccc(NC(=O)N2CCc3nc(N(C)Cc4ccccc4)nc(N4CCC(C)CC4)c3C2)cc1. The summed E-state index contributed by atoms with van der Waals surface area (Å²) in [6.45, 7) is 8.26. The first kappa shape index (κ1) is 24.1. The number of rotatable bonds is 5. The van der Waals surface area contributed by atoms with Gasteiger partial charge in [0.1, 0.15) is 5.82 Å². The normalized spacial score (nSPS) is 16.0. The number of amides is 2. The summed E-state index contributed by atoms with van der Waals surface area (Å²) in [5.41, 5.74) is 5.37. The van der Waals surface area contributed by atoms with E-state index in [0.717, 1.165) is 73.5 Å². The molecule has 1 saturated heterocycles. The smallest absolute Gasteiger partial charge is 0.322 e. The Kier molecular flexibility index (Phi) is 7.07. The van der Waals surface area contributed by atoms with Crippen LogP contribution < -0.4 is 15.1 Å². The number of piperidine rings is 1. The molecule has 1 fully saturated rings. The quantitative estimate of drug-likeness (QED) is 0.536. The van der Waals surface area contributed by atoms with E-state index in [1.54, 1.807) is 0 Å². The van der Waals surface area contributed by atoms with Crippen LogP contribution in [-0.4, -0.2) is 47.6 Å². The molecule has 2 amide bonds. The standard InChI is InChI=1S/C29H36N6O/c1-21-9-11-24(12-10-21)30-29(36)35-18-15-26-25(20-35)27(34-16-13-22(2)14-17-34)32-28(31-26)33(3)19-23-7-5-4-6-8-23/h4-12,22H,13-20H2,1-3H3,(H,30,36). The van der Waals surface area contributed by atoms with Crippen molar-refractivity contribution in [2.24, 2.45) is 5.92 Å². The largest absolute Gasteiger partial charge is 0.356 e. The summed E-state index contributed by atoms with van der Waals surface area (Å²) in [7, 11) is 2.06. The van der Waals surface area contributed by atoms with E-state index in [1.807, 2.05) is 42.2 Å². The Labute approximate surface area is 214 Å². The lowest BCUT2D eigenvalue weighted by Gasteiger charge is -2.36. The molecule has 1 N–H and O–H groups in total. The molecule has 7 heteroatoms. The van der Waals surface area contributed by atoms with Crippen LogP contribution in [-0.2, 0) is 19.5 Å². The maximum absolute atomic E-state index is 13.1. The maximum atomic E-state index is 13.1. The minimum absolute atomic E-state index is 0.0759. The minimum atomic E-state index is -0.0759. The number of urea groups is 1. The molecule has 2 aliphatic rings. The van der Waals surface area contributed by atoms with Crippen LogP contribution in [0.4, 0.5) is 22.2 Å². The fraction of sp³-hybridized carbons (Fsp3) is 0.414. The van der Waals surface area contributed by atoms with Crippen LogP contribution in [0.25, 0.3) is 0 Å². The number of aryl methyl sites for hydroxylation is 1. The van der Waals surface area contributed by atoms with Crippen LogP contribution in [0.2, 0.25) is 0 Å². The van der Waals surface area contributed by atoms with E-state index in [1.165, 1.54) is 11.1 Å². The van der Waals surface area contributed by atoms with Gasteiger partial charge in [0.05, 0.1) is 12.2 Å². The zero-order valence-corrected chi connectivity index (χ0v) is 21.6. The van der Waals surface area contributed by atoms with Crippen LogP contribution in [0.3, 0.4) is 0 Å². The summed E-state index contributed by atoms with van der Waals surface area (Å²) in [5.74, 6) is 2.48. The molecule has 188 valence electrons. The van der Waals surface area contributed by atoms with Crippen molar-refractivity contribution >= 4 is 23.5 Å². The lowest BCUT2D eigenvalue weighted by atomic mass is 9.98. The Hall–Kier alpha value is -3.61. The fourth-order valence-electron chi connectivity index (χ4n) is 4.98. The second-order valence-corrected chi connectivity index (χ2v) is 10.3. The monoisotopic (exact) mass is 484 g/mol. The van der Waals surface area contributed by atoms with Crippen LogP contribution in [0.1, 0.15) is 42.1 Å². The Balaban J connectivity index is 1.40. The molecule has 0 spiro atoms. The van der Waals surface area contributed by atoms with Gasteiger partial charge in [-0.15, -0.1) is 0 Å². The number of aromatic nitrogens is 2. The van der Waals surface area contributed by atoms with Gasteiger partial charge in [-0.2, -0.15) is 4.98 Å². The van der Waals surface area contributed by atoms with Gasteiger partial charge in [0.15, 0.2) is 0 Å². The second-order valence-electron chi connectivity index (χ2n) is 10.3. The molecule has 0 saturated carbocycles. The lowest BCUT2D eigenvalue weighted by Crippen LogP contribution is -2.41. The number of nitrogens with one attached hydrogen (secondary N) is 1. The molecule has 0 radical (unpaired) electrons. The van der Waals surface area contributed by atoms with Gasteiger partial charge < -0.3 is 20.0 Å². The number of fused-ring (bicyclic) bond motifs is 1. The van der Waals surface area contributed by atoms with Gasteiger partial charge in [0.2, 0.25) is 5.95 Å². The molecule has 0 aliphatic carbocycles. The number of benzene rings is 2. The summed E-state index contributed by atoms with van der Waals surface area (Å²) >= 11 is 0.